The van der Waals surface area contributed by atoms with Crippen LogP contribution in [0, 0.1) is 6.92 Å². The molecule has 1 radical (unpaired) electrons. The third kappa shape index (κ3) is 1.77. The third-order valence-corrected chi connectivity index (χ3v) is 2.18. The fourth-order valence-corrected chi connectivity index (χ4v) is 1.48. The van der Waals surface area contributed by atoms with Crippen LogP contribution in [-0.2, 0) is 32.7 Å². The summed E-state index contributed by atoms with van der Waals surface area (Å²) in [6.45, 7) is 1.77. The van der Waals surface area contributed by atoms with Crippen LogP contribution < -0.4 is 0 Å². The molecule has 2 aromatic rings. The standard InChI is InChI=1S/C11H10O2.Y/c1-7-6-10(12)8-4-2-3-5-9(8)11(7)13;/h2-6,12-13H,1H3;. The van der Waals surface area contributed by atoms with E-state index in [1.54, 1.807) is 25.1 Å². The van der Waals surface area contributed by atoms with E-state index in [9.17, 15) is 10.2 Å². The van der Waals surface area contributed by atoms with Gasteiger partial charge in [0.15, 0.2) is 0 Å². The Hall–Kier alpha value is -0.596. The molecule has 0 aliphatic carbocycles. The van der Waals surface area contributed by atoms with Gasteiger partial charge in [-0.2, -0.15) is 0 Å². The minimum absolute atomic E-state index is 0. The minimum atomic E-state index is 0. The number of aromatic hydroxyl groups is 2. The Morgan fingerprint density at radius 2 is 1.57 bits per heavy atom. The van der Waals surface area contributed by atoms with Crippen LogP contribution in [0.25, 0.3) is 10.8 Å². The smallest absolute Gasteiger partial charge is 0.126 e. The van der Waals surface area contributed by atoms with Crippen molar-refractivity contribution in [3.8, 4) is 11.5 Å². The molecule has 0 atom stereocenters. The summed E-state index contributed by atoms with van der Waals surface area (Å²) in [6.07, 6.45) is 0. The van der Waals surface area contributed by atoms with Crippen molar-refractivity contribution in [1.82, 2.24) is 0 Å². The van der Waals surface area contributed by atoms with E-state index in [0.29, 0.717) is 16.3 Å². The Labute approximate surface area is 107 Å². The van der Waals surface area contributed by atoms with Crippen LogP contribution in [0.2, 0.25) is 0 Å². The van der Waals surface area contributed by atoms with Crippen molar-refractivity contribution < 1.29 is 42.9 Å². The molecule has 0 heterocycles. The summed E-state index contributed by atoms with van der Waals surface area (Å²) < 4.78 is 0. The molecule has 0 saturated heterocycles. The van der Waals surface area contributed by atoms with Crippen LogP contribution in [0.4, 0.5) is 0 Å². The van der Waals surface area contributed by atoms with Crippen LogP contribution in [-0.4, -0.2) is 10.2 Å². The molecule has 2 rings (SSSR count). The Balaban J connectivity index is 0.000000980. The number of benzene rings is 2. The van der Waals surface area contributed by atoms with E-state index in [4.69, 9.17) is 0 Å². The normalized spacial score (nSPS) is 9.79. The van der Waals surface area contributed by atoms with Crippen molar-refractivity contribution in [2.45, 2.75) is 6.92 Å². The number of aryl methyl sites for hydroxylation is 1. The molecule has 0 fully saturated rings. The predicted octanol–water partition coefficient (Wildman–Crippen LogP) is 2.56. The SMILES string of the molecule is Cc1cc(O)c2ccccc2c1O.[Y]. The van der Waals surface area contributed by atoms with Gasteiger partial charge in [0, 0.05) is 43.5 Å². The molecule has 0 aromatic heterocycles. The zero-order valence-corrected chi connectivity index (χ0v) is 10.7. The van der Waals surface area contributed by atoms with Crippen LogP contribution in [0.5, 0.6) is 11.5 Å². The Morgan fingerprint density at radius 3 is 2.21 bits per heavy atom. The van der Waals surface area contributed by atoms with Gasteiger partial charge in [-0.1, -0.05) is 24.3 Å². The minimum Gasteiger partial charge on any atom is -0.507 e. The summed E-state index contributed by atoms with van der Waals surface area (Å²) in [5, 5.41) is 20.6. The maximum absolute atomic E-state index is 9.67. The van der Waals surface area contributed by atoms with E-state index in [1.807, 2.05) is 12.1 Å². The average molecular weight is 263 g/mol. The van der Waals surface area contributed by atoms with Crippen LogP contribution in [0.1, 0.15) is 5.56 Å². The first-order valence-electron chi connectivity index (χ1n) is 4.10. The summed E-state index contributed by atoms with van der Waals surface area (Å²) in [6, 6.07) is 8.80. The van der Waals surface area contributed by atoms with Crippen molar-refractivity contribution in [1.29, 1.82) is 0 Å². The van der Waals surface area contributed by atoms with Crippen LogP contribution >= 0.6 is 0 Å². The van der Waals surface area contributed by atoms with Gasteiger partial charge in [0.2, 0.25) is 0 Å². The van der Waals surface area contributed by atoms with E-state index in [-0.39, 0.29) is 44.2 Å². The first-order valence-corrected chi connectivity index (χ1v) is 4.10. The van der Waals surface area contributed by atoms with Gasteiger partial charge in [0.1, 0.15) is 11.5 Å². The number of hydrogen-bond acceptors (Lipinski definition) is 2. The van der Waals surface area contributed by atoms with Crippen LogP contribution in [0.15, 0.2) is 30.3 Å². The number of phenols is 2. The zero-order valence-electron chi connectivity index (χ0n) is 7.86. The predicted molar refractivity (Wildman–Crippen MR) is 52.0 cm³/mol. The quantitative estimate of drug-likeness (QED) is 0.717. The molecule has 0 aliphatic heterocycles. The molecule has 2 nitrogen and oxygen atoms in total. The summed E-state index contributed by atoms with van der Waals surface area (Å²) in [5.41, 5.74) is 0.691. The van der Waals surface area contributed by atoms with E-state index < -0.39 is 0 Å². The molecule has 0 spiro atoms. The van der Waals surface area contributed by atoms with Gasteiger partial charge in [-0.3, -0.25) is 0 Å². The second kappa shape index (κ2) is 4.28. The summed E-state index contributed by atoms with van der Waals surface area (Å²) in [5.74, 6) is 0.458. The Bertz CT molecular complexity index is 466. The van der Waals surface area contributed by atoms with Crippen LogP contribution in [0.3, 0.4) is 0 Å². The van der Waals surface area contributed by atoms with Crippen molar-refractivity contribution in [3.63, 3.8) is 0 Å². The fraction of sp³-hybridized carbons (Fsp3) is 0.0909. The van der Waals surface area contributed by atoms with Gasteiger partial charge in [-0.15, -0.1) is 0 Å². The van der Waals surface area contributed by atoms with E-state index in [0.717, 1.165) is 0 Å². The van der Waals surface area contributed by atoms with Gasteiger partial charge in [0.05, 0.1) is 0 Å². The summed E-state index contributed by atoms with van der Waals surface area (Å²) in [7, 11) is 0. The Kier molecular flexibility index (Phi) is 3.51. The van der Waals surface area contributed by atoms with Crippen molar-refractivity contribution in [3.05, 3.63) is 35.9 Å². The molecule has 69 valence electrons. The molecule has 0 bridgehead atoms. The van der Waals surface area contributed by atoms with Gasteiger partial charge < -0.3 is 10.2 Å². The molecular formula is C11H10O2Y. The van der Waals surface area contributed by atoms with Crippen molar-refractivity contribution >= 4 is 10.8 Å². The summed E-state index contributed by atoms with van der Waals surface area (Å²) >= 11 is 0. The maximum Gasteiger partial charge on any atom is 0.126 e. The maximum atomic E-state index is 9.67. The third-order valence-electron chi connectivity index (χ3n) is 2.18. The molecule has 14 heavy (non-hydrogen) atoms. The molecule has 0 unspecified atom stereocenters. The second-order valence-electron chi connectivity index (χ2n) is 3.11. The number of hydrogen-bond donors (Lipinski definition) is 2. The fourth-order valence-electron chi connectivity index (χ4n) is 1.48. The number of rotatable bonds is 0. The van der Waals surface area contributed by atoms with Gasteiger partial charge >= 0.3 is 0 Å². The monoisotopic (exact) mass is 263 g/mol. The largest absolute Gasteiger partial charge is 0.507 e. The molecule has 0 saturated carbocycles. The van der Waals surface area contributed by atoms with Crippen molar-refractivity contribution in [2.24, 2.45) is 0 Å². The van der Waals surface area contributed by atoms with Gasteiger partial charge in [0.25, 0.3) is 0 Å². The van der Waals surface area contributed by atoms with E-state index in [1.165, 1.54) is 0 Å². The Morgan fingerprint density at radius 1 is 1.00 bits per heavy atom. The zero-order chi connectivity index (χ0) is 9.42. The first-order chi connectivity index (χ1) is 6.20. The molecule has 2 aromatic carbocycles. The van der Waals surface area contributed by atoms with Gasteiger partial charge in [-0.05, 0) is 18.6 Å². The molecule has 2 N–H and O–H groups in total. The molecule has 3 heteroatoms. The molecule has 0 amide bonds. The van der Waals surface area contributed by atoms with E-state index >= 15 is 0 Å². The first kappa shape index (κ1) is 11.5. The summed E-state index contributed by atoms with van der Waals surface area (Å²) in [4.78, 5) is 0. The van der Waals surface area contributed by atoms with Gasteiger partial charge in [-0.25, -0.2) is 0 Å². The van der Waals surface area contributed by atoms with E-state index in [2.05, 4.69) is 0 Å². The molecule has 0 aliphatic rings. The topological polar surface area (TPSA) is 40.5 Å². The number of fused-ring (bicyclic) bond motifs is 1. The molecular weight excluding hydrogens is 253 g/mol. The second-order valence-corrected chi connectivity index (χ2v) is 3.11. The number of phenolic OH excluding ortho intramolecular Hbond substituents is 2. The average Bonchev–Trinajstić information content (AvgIpc) is 2.15. The van der Waals surface area contributed by atoms with Crippen molar-refractivity contribution in [2.75, 3.05) is 0 Å².